The van der Waals surface area contributed by atoms with Crippen LogP contribution in [0.15, 0.2) is 48.5 Å². The molecule has 0 atom stereocenters. The van der Waals surface area contributed by atoms with Crippen LogP contribution in [0.25, 0.3) is 0 Å². The molecule has 0 amide bonds. The lowest BCUT2D eigenvalue weighted by Crippen LogP contribution is -2.10. The zero-order valence-corrected chi connectivity index (χ0v) is 18.6. The molecule has 0 saturated carbocycles. The van der Waals surface area contributed by atoms with Crippen LogP contribution in [0.1, 0.15) is 44.1 Å². The number of rotatable bonds is 14. The first-order valence-electron chi connectivity index (χ1n) is 10.8. The third kappa shape index (κ3) is 9.21. The summed E-state index contributed by atoms with van der Waals surface area (Å²) in [5.74, 6) is 1.52. The lowest BCUT2D eigenvalue weighted by atomic mass is 10.1. The number of ether oxygens (including phenoxy) is 3. The minimum absolute atomic E-state index is 0.151. The van der Waals surface area contributed by atoms with Crippen LogP contribution in [0.4, 0.5) is 5.69 Å². The zero-order valence-electron chi connectivity index (χ0n) is 18.6. The summed E-state index contributed by atoms with van der Waals surface area (Å²) in [5.41, 5.74) is 2.11. The molecule has 0 fully saturated rings. The van der Waals surface area contributed by atoms with Gasteiger partial charge in [0.1, 0.15) is 11.5 Å². The molecule has 0 aromatic heterocycles. The number of nitrogens with zero attached hydrogens (tertiary/aromatic N) is 1. The van der Waals surface area contributed by atoms with E-state index in [1.807, 2.05) is 67.5 Å². The predicted molar refractivity (Wildman–Crippen MR) is 122 cm³/mol. The molecule has 0 unspecified atom stereocenters. The highest BCUT2D eigenvalue weighted by molar-refractivity contribution is 5.72. The first-order valence-corrected chi connectivity index (χ1v) is 10.8. The minimum atomic E-state index is -0.151. The fourth-order valence-electron chi connectivity index (χ4n) is 3.11. The van der Waals surface area contributed by atoms with Gasteiger partial charge in [0, 0.05) is 25.8 Å². The summed E-state index contributed by atoms with van der Waals surface area (Å²) in [6, 6.07) is 15.7. The molecule has 0 bridgehead atoms. The maximum atomic E-state index is 11.9. The van der Waals surface area contributed by atoms with Crippen molar-refractivity contribution in [1.82, 2.24) is 0 Å². The van der Waals surface area contributed by atoms with Crippen molar-refractivity contribution in [3.8, 4) is 11.5 Å². The van der Waals surface area contributed by atoms with Gasteiger partial charge in [0.05, 0.1) is 26.7 Å². The van der Waals surface area contributed by atoms with E-state index in [4.69, 9.17) is 14.2 Å². The first-order chi connectivity index (χ1) is 14.6. The van der Waals surface area contributed by atoms with Crippen LogP contribution >= 0.6 is 0 Å². The van der Waals surface area contributed by atoms with Gasteiger partial charge in [-0.1, -0.05) is 43.9 Å². The number of carbonyl (C=O) groups is 1. The van der Waals surface area contributed by atoms with Crippen molar-refractivity contribution in [2.75, 3.05) is 39.3 Å². The van der Waals surface area contributed by atoms with Crippen LogP contribution in [0.2, 0.25) is 0 Å². The minimum Gasteiger partial charge on any atom is -0.497 e. The largest absolute Gasteiger partial charge is 0.497 e. The van der Waals surface area contributed by atoms with Gasteiger partial charge in [0.15, 0.2) is 0 Å². The smallest absolute Gasteiger partial charge is 0.310 e. The topological polar surface area (TPSA) is 48.0 Å². The zero-order chi connectivity index (χ0) is 21.6. The third-order valence-corrected chi connectivity index (χ3v) is 4.91. The predicted octanol–water partition coefficient (Wildman–Crippen LogP) is 5.27. The number of hydrogen-bond donors (Lipinski definition) is 0. The van der Waals surface area contributed by atoms with Gasteiger partial charge in [0.25, 0.3) is 0 Å². The molecule has 164 valence electrons. The van der Waals surface area contributed by atoms with Crippen LogP contribution in [-0.4, -0.2) is 40.4 Å². The number of anilines is 1. The number of unbranched alkanes of at least 4 members (excludes halogenated alkanes) is 5. The third-order valence-electron chi connectivity index (χ3n) is 4.91. The molecule has 2 rings (SSSR count). The average Bonchev–Trinajstić information content (AvgIpc) is 2.75. The molecule has 30 heavy (non-hydrogen) atoms. The molecule has 0 aliphatic carbocycles. The fourth-order valence-corrected chi connectivity index (χ4v) is 3.11. The number of carbonyl (C=O) groups excluding carboxylic acids is 1. The molecule has 0 saturated heterocycles. The Morgan fingerprint density at radius 1 is 0.833 bits per heavy atom. The molecule has 0 spiro atoms. The number of benzene rings is 2. The lowest BCUT2D eigenvalue weighted by Gasteiger charge is -2.12. The van der Waals surface area contributed by atoms with Crippen LogP contribution in [0.5, 0.6) is 11.5 Å². The van der Waals surface area contributed by atoms with Gasteiger partial charge in [-0.05, 0) is 42.7 Å². The van der Waals surface area contributed by atoms with Crippen molar-refractivity contribution >= 4 is 11.7 Å². The molecule has 0 aliphatic heterocycles. The SMILES string of the molecule is COc1cccc(OCCCCCCCCOC(=O)Cc2ccc(N(C)C)cc2)c1. The summed E-state index contributed by atoms with van der Waals surface area (Å²) < 4.78 is 16.3. The van der Waals surface area contributed by atoms with Gasteiger partial charge in [0.2, 0.25) is 0 Å². The summed E-state index contributed by atoms with van der Waals surface area (Å²) in [6.45, 7) is 1.23. The van der Waals surface area contributed by atoms with E-state index in [1.54, 1.807) is 7.11 Å². The van der Waals surface area contributed by atoms with Crippen LogP contribution in [-0.2, 0) is 16.0 Å². The molecule has 5 nitrogen and oxygen atoms in total. The van der Waals surface area contributed by atoms with Gasteiger partial charge in [-0.15, -0.1) is 0 Å². The standard InChI is InChI=1S/C25H35NO4/c1-26(2)22-15-13-21(14-16-22)19-25(27)30-18-9-7-5-4-6-8-17-29-24-12-10-11-23(20-24)28-3/h10-16,20H,4-9,17-19H2,1-3H3. The average molecular weight is 414 g/mol. The quantitative estimate of drug-likeness (QED) is 0.312. The monoisotopic (exact) mass is 413 g/mol. The van der Waals surface area contributed by atoms with Crippen molar-refractivity contribution in [2.45, 2.75) is 44.9 Å². The lowest BCUT2D eigenvalue weighted by molar-refractivity contribution is -0.142. The van der Waals surface area contributed by atoms with Gasteiger partial charge in [-0.25, -0.2) is 0 Å². The molecule has 0 heterocycles. The van der Waals surface area contributed by atoms with E-state index < -0.39 is 0 Å². The number of hydrogen-bond acceptors (Lipinski definition) is 5. The van der Waals surface area contributed by atoms with Crippen LogP contribution in [0.3, 0.4) is 0 Å². The second kappa shape index (κ2) is 13.5. The normalized spacial score (nSPS) is 10.5. The summed E-state index contributed by atoms with van der Waals surface area (Å²) >= 11 is 0. The van der Waals surface area contributed by atoms with Crippen molar-refractivity contribution in [2.24, 2.45) is 0 Å². The second-order valence-electron chi connectivity index (χ2n) is 7.61. The molecule has 0 radical (unpaired) electrons. The maximum Gasteiger partial charge on any atom is 0.310 e. The van der Waals surface area contributed by atoms with E-state index in [2.05, 4.69) is 0 Å². The fraction of sp³-hybridized carbons (Fsp3) is 0.480. The Balaban J connectivity index is 1.44. The van der Waals surface area contributed by atoms with Crippen molar-refractivity contribution in [1.29, 1.82) is 0 Å². The van der Waals surface area contributed by atoms with Crippen LogP contribution < -0.4 is 14.4 Å². The van der Waals surface area contributed by atoms with Crippen molar-refractivity contribution in [3.05, 3.63) is 54.1 Å². The number of esters is 1. The van der Waals surface area contributed by atoms with E-state index >= 15 is 0 Å². The Kier molecular flexibility index (Phi) is 10.6. The summed E-state index contributed by atoms with van der Waals surface area (Å²) in [6.07, 6.45) is 6.86. The molecule has 5 heteroatoms. The van der Waals surface area contributed by atoms with Gasteiger partial charge < -0.3 is 19.1 Å². The Labute approximate surface area is 180 Å². The highest BCUT2D eigenvalue weighted by atomic mass is 16.5. The second-order valence-corrected chi connectivity index (χ2v) is 7.61. The van der Waals surface area contributed by atoms with E-state index in [0.717, 1.165) is 61.5 Å². The highest BCUT2D eigenvalue weighted by Gasteiger charge is 2.05. The molecule has 2 aromatic carbocycles. The van der Waals surface area contributed by atoms with E-state index in [9.17, 15) is 4.79 Å². The summed E-state index contributed by atoms with van der Waals surface area (Å²) in [7, 11) is 5.66. The molecule has 0 N–H and O–H groups in total. The summed E-state index contributed by atoms with van der Waals surface area (Å²) in [4.78, 5) is 14.0. The van der Waals surface area contributed by atoms with Crippen LogP contribution in [0, 0.1) is 0 Å². The van der Waals surface area contributed by atoms with Gasteiger partial charge in [-0.3, -0.25) is 4.79 Å². The Morgan fingerprint density at radius 2 is 1.47 bits per heavy atom. The molecule has 0 aliphatic rings. The van der Waals surface area contributed by atoms with E-state index in [1.165, 1.54) is 6.42 Å². The van der Waals surface area contributed by atoms with Crippen molar-refractivity contribution < 1.29 is 19.0 Å². The number of methoxy groups -OCH3 is 1. The Hall–Kier alpha value is -2.69. The maximum absolute atomic E-state index is 11.9. The Bertz CT molecular complexity index is 743. The highest BCUT2D eigenvalue weighted by Crippen LogP contribution is 2.19. The molecular formula is C25H35NO4. The summed E-state index contributed by atoms with van der Waals surface area (Å²) in [5, 5.41) is 0. The van der Waals surface area contributed by atoms with E-state index in [0.29, 0.717) is 13.0 Å². The van der Waals surface area contributed by atoms with Crippen molar-refractivity contribution in [3.63, 3.8) is 0 Å². The molecular weight excluding hydrogens is 378 g/mol. The Morgan fingerprint density at radius 3 is 2.13 bits per heavy atom. The molecule has 2 aromatic rings. The van der Waals surface area contributed by atoms with E-state index in [-0.39, 0.29) is 5.97 Å². The van der Waals surface area contributed by atoms with Gasteiger partial charge in [-0.2, -0.15) is 0 Å². The first kappa shape index (κ1) is 23.6. The van der Waals surface area contributed by atoms with Gasteiger partial charge >= 0.3 is 5.97 Å².